The van der Waals surface area contributed by atoms with Crippen molar-refractivity contribution in [3.8, 4) is 35.4 Å². The Balaban J connectivity index is 1.35. The zero-order valence-electron chi connectivity index (χ0n) is 24.5. The molecule has 2 aromatic heterocycles. The molecule has 3 saturated heterocycles. The van der Waals surface area contributed by atoms with Crippen molar-refractivity contribution in [2.45, 2.75) is 56.5 Å². The van der Waals surface area contributed by atoms with E-state index in [9.17, 15) is 9.50 Å². The van der Waals surface area contributed by atoms with Gasteiger partial charge in [0.1, 0.15) is 35.2 Å². The van der Waals surface area contributed by atoms with Gasteiger partial charge in [0.25, 0.3) is 0 Å². The molecule has 8 nitrogen and oxygen atoms in total. The second-order valence-corrected chi connectivity index (χ2v) is 12.6. The average molecular weight is 597 g/mol. The van der Waals surface area contributed by atoms with Crippen LogP contribution in [0.1, 0.15) is 49.8 Å². The maximum absolute atomic E-state index is 17.0. The van der Waals surface area contributed by atoms with Crippen molar-refractivity contribution in [3.05, 3.63) is 47.2 Å². The Labute approximate surface area is 254 Å². The Kier molecular flexibility index (Phi) is 6.58. The van der Waals surface area contributed by atoms with Gasteiger partial charge in [-0.15, -0.1) is 6.42 Å². The number of nitrogens with one attached hydrogen (secondary N) is 1. The fraction of sp³-hybridized carbons (Fsp3) is 0.441. The average Bonchev–Trinajstić information content (AvgIpc) is 3.61. The lowest BCUT2D eigenvalue weighted by Gasteiger charge is -2.39. The van der Waals surface area contributed by atoms with Gasteiger partial charge in [0.2, 0.25) is 0 Å². The van der Waals surface area contributed by atoms with E-state index >= 15 is 4.39 Å². The van der Waals surface area contributed by atoms with E-state index in [1.807, 2.05) is 0 Å². The van der Waals surface area contributed by atoms with Crippen molar-refractivity contribution < 1.29 is 18.6 Å². The number of pyridine rings is 1. The molecule has 4 aromatic rings. The molecule has 44 heavy (non-hydrogen) atoms. The summed E-state index contributed by atoms with van der Waals surface area (Å²) < 4.78 is 38.3. The molecule has 0 unspecified atom stereocenters. The van der Waals surface area contributed by atoms with E-state index in [4.69, 9.17) is 26.1 Å². The normalized spacial score (nSPS) is 21.1. The van der Waals surface area contributed by atoms with Crippen molar-refractivity contribution in [1.82, 2.24) is 25.2 Å². The van der Waals surface area contributed by atoms with Crippen molar-refractivity contribution in [2.24, 2.45) is 0 Å². The minimum absolute atomic E-state index is 0.00513. The number of phenols is 1. The molecule has 6 heterocycles. The van der Waals surface area contributed by atoms with Crippen LogP contribution in [0.5, 0.6) is 11.8 Å². The first-order valence-corrected chi connectivity index (χ1v) is 15.6. The van der Waals surface area contributed by atoms with E-state index in [-0.39, 0.29) is 45.7 Å². The minimum atomic E-state index is -0.676. The highest BCUT2D eigenvalue weighted by Crippen LogP contribution is 2.42. The van der Waals surface area contributed by atoms with E-state index < -0.39 is 11.6 Å². The molecule has 0 bridgehead atoms. The molecule has 2 N–H and O–H groups in total. The van der Waals surface area contributed by atoms with Gasteiger partial charge >= 0.3 is 6.01 Å². The molecule has 4 aliphatic rings. The molecule has 226 valence electrons. The summed E-state index contributed by atoms with van der Waals surface area (Å²) in [6.07, 6.45) is 12.5. The number of fused-ring (bicyclic) bond motifs is 4. The van der Waals surface area contributed by atoms with E-state index in [0.29, 0.717) is 40.7 Å². The molecule has 0 amide bonds. The van der Waals surface area contributed by atoms with Crippen molar-refractivity contribution in [1.29, 1.82) is 0 Å². The number of piperazine rings is 1. The Morgan fingerprint density at radius 2 is 1.91 bits per heavy atom. The number of hydrogen-bond acceptors (Lipinski definition) is 8. The predicted octanol–water partition coefficient (Wildman–Crippen LogP) is 4.93. The number of phenolic OH excluding ortho intramolecular Hbond substituents is 1. The van der Waals surface area contributed by atoms with Gasteiger partial charge in [-0.1, -0.05) is 12.0 Å². The maximum atomic E-state index is 17.0. The summed E-state index contributed by atoms with van der Waals surface area (Å²) in [5.74, 6) is 1.70. The third kappa shape index (κ3) is 4.28. The highest BCUT2D eigenvalue weighted by Gasteiger charge is 2.45. The quantitative estimate of drug-likeness (QED) is 0.321. The van der Waals surface area contributed by atoms with Crippen LogP contribution in [0.15, 0.2) is 24.3 Å². The number of ether oxygens (including phenoxy) is 1. The second-order valence-electron chi connectivity index (χ2n) is 12.6. The summed E-state index contributed by atoms with van der Waals surface area (Å²) in [6.45, 7) is 4.92. The molecule has 2 aromatic carbocycles. The molecule has 0 spiro atoms. The summed E-state index contributed by atoms with van der Waals surface area (Å²) >= 11 is 0. The zero-order chi connectivity index (χ0) is 30.0. The first-order chi connectivity index (χ1) is 21.5. The summed E-state index contributed by atoms with van der Waals surface area (Å²) in [5, 5.41) is 15.5. The Morgan fingerprint density at radius 3 is 2.73 bits per heavy atom. The van der Waals surface area contributed by atoms with Gasteiger partial charge < -0.3 is 20.1 Å². The molecule has 3 fully saturated rings. The maximum Gasteiger partial charge on any atom is 0.319 e. The van der Waals surface area contributed by atoms with Crippen LogP contribution in [-0.4, -0.2) is 75.9 Å². The molecular weight excluding hydrogens is 562 g/mol. The lowest BCUT2D eigenvalue weighted by molar-refractivity contribution is 0.108. The monoisotopic (exact) mass is 596 g/mol. The predicted molar refractivity (Wildman–Crippen MR) is 165 cm³/mol. The van der Waals surface area contributed by atoms with Crippen LogP contribution in [0.25, 0.3) is 32.9 Å². The van der Waals surface area contributed by atoms with Crippen LogP contribution < -0.4 is 15.0 Å². The molecule has 0 radical (unpaired) electrons. The molecular formula is C34H34F2N6O2. The highest BCUT2D eigenvalue weighted by atomic mass is 19.1. The number of aromatic nitrogens is 3. The van der Waals surface area contributed by atoms with Gasteiger partial charge in [-0.3, -0.25) is 4.90 Å². The van der Waals surface area contributed by atoms with Crippen LogP contribution in [-0.2, 0) is 6.42 Å². The highest BCUT2D eigenvalue weighted by molar-refractivity contribution is 6.03. The lowest BCUT2D eigenvalue weighted by Crippen LogP contribution is -2.52. The number of hydrogen-bond donors (Lipinski definition) is 2. The van der Waals surface area contributed by atoms with Gasteiger partial charge in [-0.05, 0) is 81.6 Å². The molecule has 0 aliphatic carbocycles. The SMILES string of the molecule is C#Cc1c(F)ccc2cc(O)cc(-c3nc4c5c(nc(OCC67CCCN6CCC7)nc5c3F)N3CCNC[C@H]3CCC4)c12. The zero-order valence-corrected chi connectivity index (χ0v) is 24.5. The Morgan fingerprint density at radius 1 is 1.07 bits per heavy atom. The molecule has 1 atom stereocenters. The lowest BCUT2D eigenvalue weighted by atomic mass is 9.94. The van der Waals surface area contributed by atoms with Crippen LogP contribution in [0, 0.1) is 24.0 Å². The molecule has 4 aliphatic heterocycles. The summed E-state index contributed by atoms with van der Waals surface area (Å²) in [6, 6.07) is 6.03. The van der Waals surface area contributed by atoms with Crippen molar-refractivity contribution in [2.75, 3.05) is 44.2 Å². The van der Waals surface area contributed by atoms with Crippen LogP contribution in [0.2, 0.25) is 0 Å². The number of nitrogens with zero attached hydrogens (tertiary/aromatic N) is 5. The standard InChI is InChI=1S/C34H34F2N6O2/c1-2-23-25(35)9-8-20-16-22(43)17-24(27(20)23)30-29(36)31-28-26(38-30)7-3-6-21-18-37-12-15-42(21)32(28)40-33(39-31)44-19-34-10-4-13-41(34)14-5-11-34/h1,8-9,16-17,21,37,43H,3-7,10-15,18-19H2/t21-/m1/s1. The Hall–Kier alpha value is -4.07. The van der Waals surface area contributed by atoms with E-state index in [0.717, 1.165) is 71.2 Å². The first-order valence-electron chi connectivity index (χ1n) is 15.6. The van der Waals surface area contributed by atoms with Gasteiger partial charge in [0.05, 0.1) is 22.2 Å². The van der Waals surface area contributed by atoms with Crippen LogP contribution in [0.3, 0.4) is 0 Å². The smallest absolute Gasteiger partial charge is 0.319 e. The fourth-order valence-electron chi connectivity index (χ4n) is 8.05. The van der Waals surface area contributed by atoms with E-state index in [1.54, 1.807) is 0 Å². The number of benzene rings is 2. The van der Waals surface area contributed by atoms with Gasteiger partial charge in [0.15, 0.2) is 5.82 Å². The molecule has 0 saturated carbocycles. The summed E-state index contributed by atoms with van der Waals surface area (Å²) in [7, 11) is 0. The summed E-state index contributed by atoms with van der Waals surface area (Å²) in [4.78, 5) is 19.3. The minimum Gasteiger partial charge on any atom is -0.508 e. The fourth-order valence-corrected chi connectivity index (χ4v) is 8.05. The number of aryl methyl sites for hydroxylation is 1. The second kappa shape index (κ2) is 10.5. The number of anilines is 1. The van der Waals surface area contributed by atoms with Crippen molar-refractivity contribution >= 4 is 27.5 Å². The number of halogens is 2. The number of terminal acetylenes is 1. The summed E-state index contributed by atoms with van der Waals surface area (Å²) in [5.41, 5.74) is 0.951. The topological polar surface area (TPSA) is 86.6 Å². The van der Waals surface area contributed by atoms with Crippen molar-refractivity contribution in [3.63, 3.8) is 0 Å². The third-order valence-electron chi connectivity index (χ3n) is 10.1. The van der Waals surface area contributed by atoms with E-state index in [2.05, 4.69) is 21.0 Å². The first kappa shape index (κ1) is 27.5. The molecule has 10 heteroatoms. The number of rotatable bonds is 4. The van der Waals surface area contributed by atoms with Gasteiger partial charge in [-0.2, -0.15) is 9.97 Å². The number of aromatic hydroxyl groups is 1. The van der Waals surface area contributed by atoms with Gasteiger partial charge in [0, 0.05) is 36.6 Å². The largest absolute Gasteiger partial charge is 0.508 e. The van der Waals surface area contributed by atoms with Crippen LogP contribution >= 0.6 is 0 Å². The van der Waals surface area contributed by atoms with Gasteiger partial charge in [-0.25, -0.2) is 13.8 Å². The van der Waals surface area contributed by atoms with Crippen LogP contribution in [0.4, 0.5) is 14.6 Å². The third-order valence-corrected chi connectivity index (χ3v) is 10.1. The van der Waals surface area contributed by atoms with E-state index in [1.165, 1.54) is 24.3 Å². The Bertz CT molecular complexity index is 1850. The molecule has 8 rings (SSSR count).